The first-order valence-corrected chi connectivity index (χ1v) is 12.1. The van der Waals surface area contributed by atoms with Gasteiger partial charge in [-0.15, -0.1) is 0 Å². The molecule has 5 nitrogen and oxygen atoms in total. The minimum absolute atomic E-state index is 0.133. The molecule has 0 N–H and O–H groups in total. The van der Waals surface area contributed by atoms with E-state index in [2.05, 4.69) is 12.2 Å². The summed E-state index contributed by atoms with van der Waals surface area (Å²) in [6.45, 7) is 0. The number of rotatable bonds is 4. The summed E-state index contributed by atoms with van der Waals surface area (Å²) in [4.78, 5) is 41.0. The first-order valence-electron chi connectivity index (χ1n) is 12.1. The van der Waals surface area contributed by atoms with Crippen LogP contribution < -0.4 is 9.64 Å². The van der Waals surface area contributed by atoms with Gasteiger partial charge in [0.25, 0.3) is 0 Å². The highest BCUT2D eigenvalue weighted by Crippen LogP contribution is 2.65. The van der Waals surface area contributed by atoms with Crippen molar-refractivity contribution in [2.45, 2.75) is 6.42 Å². The molecule has 3 aromatic rings. The molecule has 0 radical (unpaired) electrons. The molecule has 4 aliphatic carbocycles. The number of hydrogen-bond acceptors (Lipinski definition) is 4. The minimum atomic E-state index is -0.529. The largest absolute Gasteiger partial charge is 0.423 e. The van der Waals surface area contributed by atoms with Crippen molar-refractivity contribution >= 4 is 23.5 Å². The van der Waals surface area contributed by atoms with E-state index in [9.17, 15) is 14.4 Å². The van der Waals surface area contributed by atoms with Gasteiger partial charge in [-0.25, -0.2) is 9.69 Å². The Morgan fingerprint density at radius 3 is 2.03 bits per heavy atom. The smallest absolute Gasteiger partial charge is 0.343 e. The predicted molar refractivity (Wildman–Crippen MR) is 130 cm³/mol. The van der Waals surface area contributed by atoms with Crippen LogP contribution in [0, 0.1) is 35.5 Å². The van der Waals surface area contributed by atoms with Crippen LogP contribution in [-0.4, -0.2) is 17.8 Å². The Kier molecular flexibility index (Phi) is 4.37. The van der Waals surface area contributed by atoms with Gasteiger partial charge in [0.05, 0.1) is 23.1 Å². The van der Waals surface area contributed by atoms with Crippen LogP contribution in [0.4, 0.5) is 5.69 Å². The quantitative estimate of drug-likeness (QED) is 0.234. The van der Waals surface area contributed by atoms with Crippen LogP contribution in [0.2, 0.25) is 0 Å². The monoisotopic (exact) mass is 461 g/mol. The number of anilines is 1. The molecule has 35 heavy (non-hydrogen) atoms. The summed E-state index contributed by atoms with van der Waals surface area (Å²) in [5.74, 6) is 0.556. The van der Waals surface area contributed by atoms with E-state index in [-0.39, 0.29) is 35.5 Å². The van der Waals surface area contributed by atoms with Crippen LogP contribution in [0.25, 0.3) is 11.1 Å². The van der Waals surface area contributed by atoms with Gasteiger partial charge in [-0.1, -0.05) is 60.7 Å². The summed E-state index contributed by atoms with van der Waals surface area (Å²) in [5, 5.41) is 0. The second-order valence-electron chi connectivity index (χ2n) is 10.00. The molecule has 0 aromatic heterocycles. The summed E-state index contributed by atoms with van der Waals surface area (Å²) in [6, 6.07) is 23.9. The molecule has 3 fully saturated rings. The highest BCUT2D eigenvalue weighted by Gasteiger charge is 2.67. The third kappa shape index (κ3) is 3.11. The van der Waals surface area contributed by atoms with Crippen LogP contribution in [0.15, 0.2) is 91.0 Å². The van der Waals surface area contributed by atoms with Gasteiger partial charge in [-0.2, -0.15) is 0 Å². The Morgan fingerprint density at radius 1 is 0.743 bits per heavy atom. The van der Waals surface area contributed by atoms with E-state index in [1.165, 1.54) is 4.90 Å². The average Bonchev–Trinajstić information content (AvgIpc) is 3.68. The summed E-state index contributed by atoms with van der Waals surface area (Å²) in [7, 11) is 0. The van der Waals surface area contributed by atoms with Gasteiger partial charge in [0.1, 0.15) is 5.75 Å². The molecule has 172 valence electrons. The number of esters is 1. The van der Waals surface area contributed by atoms with E-state index in [0.29, 0.717) is 28.8 Å². The molecule has 3 aromatic carbocycles. The molecule has 6 atom stereocenters. The van der Waals surface area contributed by atoms with Crippen molar-refractivity contribution in [2.75, 3.05) is 4.90 Å². The van der Waals surface area contributed by atoms with Gasteiger partial charge in [-0.05, 0) is 71.6 Å². The lowest BCUT2D eigenvalue weighted by atomic mass is 9.63. The maximum atomic E-state index is 13.4. The molecule has 2 saturated carbocycles. The molecule has 2 amide bonds. The Balaban J connectivity index is 1.11. The number of allylic oxidation sites excluding steroid dienone is 2. The normalized spacial score (nSPS) is 29.7. The Bertz CT molecular complexity index is 1360. The SMILES string of the molecule is O=C(Oc1ccc(-c2ccccc2)cc1)c1cccc(N2C(=O)[C@@H]3[C@H]4C=C[C@@H]([C@@H]5C[C@H]45)[C@H]3C2=O)c1. The third-order valence-electron chi connectivity index (χ3n) is 8.17. The average molecular weight is 462 g/mol. The van der Waals surface area contributed by atoms with E-state index in [1.807, 2.05) is 42.5 Å². The van der Waals surface area contributed by atoms with E-state index in [0.717, 1.165) is 17.5 Å². The summed E-state index contributed by atoms with van der Waals surface area (Å²) >= 11 is 0. The lowest BCUT2D eigenvalue weighted by Gasteiger charge is -2.37. The van der Waals surface area contributed by atoms with Gasteiger partial charge in [-0.3, -0.25) is 9.59 Å². The van der Waals surface area contributed by atoms with Crippen molar-refractivity contribution in [2.24, 2.45) is 35.5 Å². The second-order valence-corrected chi connectivity index (χ2v) is 10.00. The number of carbonyl (C=O) groups is 3. The molecule has 5 aliphatic rings. The maximum Gasteiger partial charge on any atom is 0.343 e. The van der Waals surface area contributed by atoms with Crippen LogP contribution in [0.1, 0.15) is 16.8 Å². The van der Waals surface area contributed by atoms with Crippen LogP contribution in [0.5, 0.6) is 5.75 Å². The zero-order valence-electron chi connectivity index (χ0n) is 18.9. The fourth-order valence-corrected chi connectivity index (χ4v) is 6.50. The molecular weight excluding hydrogens is 438 g/mol. The third-order valence-corrected chi connectivity index (χ3v) is 8.17. The fraction of sp³-hybridized carbons (Fsp3) is 0.233. The Labute approximate surface area is 203 Å². The van der Waals surface area contributed by atoms with Crippen molar-refractivity contribution in [1.29, 1.82) is 0 Å². The molecule has 0 unspecified atom stereocenters. The second kappa shape index (κ2) is 7.51. The molecule has 1 heterocycles. The summed E-state index contributed by atoms with van der Waals surface area (Å²) in [5.41, 5.74) is 2.85. The highest BCUT2D eigenvalue weighted by atomic mass is 16.5. The number of amides is 2. The Hall–Kier alpha value is -3.99. The number of benzene rings is 3. The van der Waals surface area contributed by atoms with Gasteiger partial charge in [0.2, 0.25) is 11.8 Å². The van der Waals surface area contributed by atoms with Gasteiger partial charge in [0.15, 0.2) is 0 Å². The number of ether oxygens (including phenoxy) is 1. The van der Waals surface area contributed by atoms with E-state index in [1.54, 1.807) is 36.4 Å². The van der Waals surface area contributed by atoms with E-state index >= 15 is 0 Å². The standard InChI is InChI=1S/C30H23NO4/c32-28-26-22-13-14-23(25-16-24(22)25)27(26)29(33)31(28)20-8-4-7-19(15-20)30(34)35-21-11-9-18(10-12-21)17-5-2-1-3-6-17/h1-15,22-27H,16H2/t22-,23-,24-,25+,26+,27+/m0/s1. The topological polar surface area (TPSA) is 63.7 Å². The van der Waals surface area contributed by atoms with E-state index < -0.39 is 5.97 Å². The first kappa shape index (κ1) is 20.4. The van der Waals surface area contributed by atoms with Gasteiger partial charge in [0, 0.05) is 0 Å². The molecule has 0 spiro atoms. The van der Waals surface area contributed by atoms with Crippen molar-refractivity contribution in [1.82, 2.24) is 0 Å². The lowest BCUT2D eigenvalue weighted by Crippen LogP contribution is -2.40. The van der Waals surface area contributed by atoms with Crippen LogP contribution in [0.3, 0.4) is 0 Å². The predicted octanol–water partition coefficient (Wildman–Crippen LogP) is 5.13. The lowest BCUT2D eigenvalue weighted by molar-refractivity contribution is -0.124. The number of nitrogens with zero attached hydrogens (tertiary/aromatic N) is 1. The van der Waals surface area contributed by atoms with Crippen molar-refractivity contribution in [3.05, 3.63) is 96.6 Å². The van der Waals surface area contributed by atoms with Crippen molar-refractivity contribution in [3.63, 3.8) is 0 Å². The zero-order chi connectivity index (χ0) is 23.7. The zero-order valence-corrected chi connectivity index (χ0v) is 18.9. The molecule has 1 aliphatic heterocycles. The van der Waals surface area contributed by atoms with Crippen molar-refractivity contribution in [3.8, 4) is 16.9 Å². The number of carbonyl (C=O) groups excluding carboxylic acids is 3. The highest BCUT2D eigenvalue weighted by molar-refractivity contribution is 6.23. The molecule has 2 bridgehead atoms. The maximum absolute atomic E-state index is 13.4. The summed E-state index contributed by atoms with van der Waals surface area (Å²) < 4.78 is 5.58. The molecule has 8 rings (SSSR count). The van der Waals surface area contributed by atoms with Gasteiger partial charge >= 0.3 is 5.97 Å². The fourth-order valence-electron chi connectivity index (χ4n) is 6.50. The Morgan fingerprint density at radius 2 is 1.37 bits per heavy atom. The van der Waals surface area contributed by atoms with E-state index in [4.69, 9.17) is 4.74 Å². The minimum Gasteiger partial charge on any atom is -0.423 e. The van der Waals surface area contributed by atoms with Crippen molar-refractivity contribution < 1.29 is 19.1 Å². The van der Waals surface area contributed by atoms with Crippen LogP contribution in [-0.2, 0) is 9.59 Å². The van der Waals surface area contributed by atoms with Crippen LogP contribution >= 0.6 is 0 Å². The molecular formula is C30H23NO4. The summed E-state index contributed by atoms with van der Waals surface area (Å²) in [6.07, 6.45) is 5.45. The van der Waals surface area contributed by atoms with Gasteiger partial charge < -0.3 is 4.74 Å². The molecule has 5 heteroatoms. The molecule has 1 saturated heterocycles. The number of imide groups is 1. The first-order chi connectivity index (χ1) is 17.1. The number of hydrogen-bond donors (Lipinski definition) is 0.